The van der Waals surface area contributed by atoms with Crippen LogP contribution in [0.4, 0.5) is 0 Å². The highest BCUT2D eigenvalue weighted by atomic mass is 32.2. The molecule has 4 amide bonds. The molecule has 72 heavy (non-hydrogen) atoms. The van der Waals surface area contributed by atoms with Crippen LogP contribution >= 0.6 is 11.8 Å². The van der Waals surface area contributed by atoms with Gasteiger partial charge in [-0.15, -0.1) is 0 Å². The summed E-state index contributed by atoms with van der Waals surface area (Å²) in [5.41, 5.74) is 28.5. The van der Waals surface area contributed by atoms with Gasteiger partial charge < -0.3 is 54.5 Å². The standard InChI is InChI=1S/C53H100N8O10S/c1-3-4-5-6-7-8-9-10-11-12-13-14-15-28-50(67)71-33-34-72-39-46(59-40(2)63)49(66)37-43(38-62)53(70)61-45(27-19-23-32-57)48(65)36-42(25-17-21-30-55)52(69)60-44(26-18-22-31-56)47(64)35-41(51(58)68)24-16-20-29-54/h41-46,62H,3-39,54-57H2,1-2H3,(H2,58,68)(H,59,63)(H,60,69)(H,61,70)/t41-,42-,43+,44+,45+,46+/m1/s1. The van der Waals surface area contributed by atoms with Crippen molar-refractivity contribution in [3.05, 3.63) is 0 Å². The number of unbranched alkanes of at least 4 members (excludes halogenated alkanes) is 16. The molecule has 0 aliphatic rings. The first-order chi connectivity index (χ1) is 34.7. The first-order valence-electron chi connectivity index (χ1n) is 27.6. The number of carbonyl (C=O) groups excluding carboxylic acids is 8. The highest BCUT2D eigenvalue weighted by Gasteiger charge is 2.33. The predicted octanol–water partition coefficient (Wildman–Crippen LogP) is 4.94. The number of ether oxygens (including phenoxy) is 1. The van der Waals surface area contributed by atoms with Gasteiger partial charge in [0.15, 0.2) is 17.3 Å². The topological polar surface area (TPSA) is 332 Å². The second kappa shape index (κ2) is 46.1. The van der Waals surface area contributed by atoms with E-state index in [1.807, 2.05) is 0 Å². The lowest BCUT2D eigenvalue weighted by Crippen LogP contribution is -2.48. The molecule has 0 rings (SSSR count). The van der Waals surface area contributed by atoms with E-state index in [9.17, 15) is 43.5 Å². The molecule has 0 unspecified atom stereocenters. The van der Waals surface area contributed by atoms with E-state index in [2.05, 4.69) is 22.9 Å². The maximum Gasteiger partial charge on any atom is 0.305 e. The van der Waals surface area contributed by atoms with Gasteiger partial charge in [0.2, 0.25) is 23.6 Å². The second-order valence-electron chi connectivity index (χ2n) is 19.5. The molecule has 418 valence electrons. The van der Waals surface area contributed by atoms with E-state index < -0.39 is 84.1 Å². The monoisotopic (exact) mass is 1040 g/mol. The number of amides is 4. The van der Waals surface area contributed by atoms with Crippen molar-refractivity contribution >= 4 is 58.7 Å². The average Bonchev–Trinajstić information content (AvgIpc) is 3.34. The minimum absolute atomic E-state index is 0.139. The lowest BCUT2D eigenvalue weighted by molar-refractivity contribution is -0.143. The van der Waals surface area contributed by atoms with Crippen molar-refractivity contribution in [2.75, 3.05) is 50.9 Å². The number of primary amides is 1. The van der Waals surface area contributed by atoms with E-state index in [0.717, 1.165) is 19.3 Å². The fraction of sp³-hybridized carbons (Fsp3) is 0.849. The molecule has 0 spiro atoms. The molecule has 0 radical (unpaired) electrons. The van der Waals surface area contributed by atoms with Gasteiger partial charge in [-0.25, -0.2) is 0 Å². The molecule has 19 heteroatoms. The molecule has 18 nitrogen and oxygen atoms in total. The van der Waals surface area contributed by atoms with Gasteiger partial charge in [0, 0.05) is 55.9 Å². The zero-order valence-electron chi connectivity index (χ0n) is 44.5. The molecular formula is C53H100N8O10S. The third-order valence-electron chi connectivity index (χ3n) is 13.1. The third-order valence-corrected chi connectivity index (χ3v) is 14.1. The number of Topliss-reactive ketones (excluding diaryl/α,β-unsaturated/α-hetero) is 3. The number of rotatable bonds is 51. The summed E-state index contributed by atoms with van der Waals surface area (Å²) in [5, 5.41) is 18.6. The fourth-order valence-corrected chi connectivity index (χ4v) is 9.44. The number of aliphatic hydroxyl groups excluding tert-OH is 1. The highest BCUT2D eigenvalue weighted by Crippen LogP contribution is 2.21. The zero-order valence-corrected chi connectivity index (χ0v) is 45.4. The van der Waals surface area contributed by atoms with E-state index in [1.54, 1.807) is 0 Å². The highest BCUT2D eigenvalue weighted by molar-refractivity contribution is 7.99. The van der Waals surface area contributed by atoms with Crippen LogP contribution in [0.15, 0.2) is 0 Å². The van der Waals surface area contributed by atoms with Gasteiger partial charge in [0.1, 0.15) is 6.61 Å². The molecule has 0 aromatic heterocycles. The normalized spacial score (nSPS) is 13.8. The number of nitrogens with one attached hydrogen (secondary N) is 3. The molecule has 0 bridgehead atoms. The predicted molar refractivity (Wildman–Crippen MR) is 287 cm³/mol. The van der Waals surface area contributed by atoms with Crippen LogP contribution in [0, 0.1) is 17.8 Å². The number of thioether (sulfide) groups is 1. The van der Waals surface area contributed by atoms with Crippen LogP contribution in [0.5, 0.6) is 0 Å². The van der Waals surface area contributed by atoms with Gasteiger partial charge in [0.25, 0.3) is 0 Å². The van der Waals surface area contributed by atoms with Crippen LogP contribution in [0.1, 0.15) is 200 Å². The lowest BCUT2D eigenvalue weighted by Gasteiger charge is -2.26. The summed E-state index contributed by atoms with van der Waals surface area (Å²) in [5.74, 6) is -6.26. The zero-order chi connectivity index (χ0) is 53.8. The molecule has 0 saturated carbocycles. The van der Waals surface area contributed by atoms with E-state index in [-0.39, 0.29) is 56.2 Å². The van der Waals surface area contributed by atoms with Crippen LogP contribution in [-0.2, 0) is 43.1 Å². The molecule has 0 fully saturated rings. The van der Waals surface area contributed by atoms with E-state index in [0.29, 0.717) is 96.1 Å². The van der Waals surface area contributed by atoms with Crippen LogP contribution in [-0.4, -0.2) is 121 Å². The number of aliphatic hydroxyl groups is 1. The van der Waals surface area contributed by atoms with Crippen molar-refractivity contribution < 1.29 is 48.2 Å². The van der Waals surface area contributed by atoms with Crippen molar-refractivity contribution in [3.63, 3.8) is 0 Å². The van der Waals surface area contributed by atoms with Crippen molar-refractivity contribution in [1.82, 2.24) is 16.0 Å². The Morgan fingerprint density at radius 1 is 0.500 bits per heavy atom. The van der Waals surface area contributed by atoms with E-state index >= 15 is 0 Å². The quantitative estimate of drug-likeness (QED) is 0.0288. The Kier molecular flexibility index (Phi) is 43.8. The maximum atomic E-state index is 14.1. The Morgan fingerprint density at radius 2 is 0.903 bits per heavy atom. The van der Waals surface area contributed by atoms with Crippen molar-refractivity contribution in [2.24, 2.45) is 46.4 Å². The van der Waals surface area contributed by atoms with Crippen molar-refractivity contribution in [3.8, 4) is 0 Å². The smallest absolute Gasteiger partial charge is 0.305 e. The Morgan fingerprint density at radius 3 is 1.35 bits per heavy atom. The first-order valence-corrected chi connectivity index (χ1v) is 28.7. The second-order valence-corrected chi connectivity index (χ2v) is 20.6. The number of ketones is 3. The first kappa shape index (κ1) is 68.5. The van der Waals surface area contributed by atoms with Crippen molar-refractivity contribution in [2.45, 2.75) is 218 Å². The summed E-state index contributed by atoms with van der Waals surface area (Å²) >= 11 is 1.31. The molecular weight excluding hydrogens is 941 g/mol. The maximum absolute atomic E-state index is 14.1. The molecule has 0 aromatic carbocycles. The van der Waals surface area contributed by atoms with Crippen LogP contribution < -0.4 is 44.6 Å². The Hall–Kier alpha value is -3.49. The number of nitrogens with two attached hydrogens (primary N) is 5. The fourth-order valence-electron chi connectivity index (χ4n) is 8.56. The lowest BCUT2D eigenvalue weighted by atomic mass is 9.89. The van der Waals surface area contributed by atoms with E-state index in [4.69, 9.17) is 33.4 Å². The number of esters is 1. The van der Waals surface area contributed by atoms with Gasteiger partial charge in [0.05, 0.1) is 30.7 Å². The van der Waals surface area contributed by atoms with E-state index in [1.165, 1.54) is 82.9 Å². The summed E-state index contributed by atoms with van der Waals surface area (Å²) in [6, 6.07) is -3.02. The molecule has 0 heterocycles. The summed E-state index contributed by atoms with van der Waals surface area (Å²) < 4.78 is 5.40. The van der Waals surface area contributed by atoms with Crippen LogP contribution in [0.2, 0.25) is 0 Å². The SMILES string of the molecule is CCCCCCCCCCCCCCCC(=O)OCCSC[C@H](NC(C)=O)C(=O)C[C@@H](CO)C(=O)N[C@@H](CCCCN)C(=O)C[C@@H](CCCCN)C(=O)N[C@@H](CCCCN)C(=O)C[C@@H](CCCCN)C(N)=O. The Bertz CT molecular complexity index is 1510. The number of hydrogen-bond donors (Lipinski definition) is 9. The molecule has 0 aromatic rings. The van der Waals surface area contributed by atoms with Crippen LogP contribution in [0.25, 0.3) is 0 Å². The molecule has 6 atom stereocenters. The molecule has 14 N–H and O–H groups in total. The van der Waals surface area contributed by atoms with Gasteiger partial charge in [-0.1, -0.05) is 96.8 Å². The summed E-state index contributed by atoms with van der Waals surface area (Å²) in [4.78, 5) is 106. The number of carbonyl (C=O) groups is 8. The number of hydrogen-bond acceptors (Lipinski definition) is 15. The van der Waals surface area contributed by atoms with Gasteiger partial charge in [-0.05, 0) is 96.8 Å². The third kappa shape index (κ3) is 35.6. The van der Waals surface area contributed by atoms with Crippen molar-refractivity contribution in [1.29, 1.82) is 0 Å². The summed E-state index contributed by atoms with van der Waals surface area (Å²) in [6.45, 7) is 4.43. The van der Waals surface area contributed by atoms with Gasteiger partial charge >= 0.3 is 5.97 Å². The van der Waals surface area contributed by atoms with Crippen LogP contribution in [0.3, 0.4) is 0 Å². The van der Waals surface area contributed by atoms with Gasteiger partial charge in [-0.2, -0.15) is 11.8 Å². The molecule has 0 aliphatic carbocycles. The van der Waals surface area contributed by atoms with Gasteiger partial charge in [-0.3, -0.25) is 38.4 Å². The average molecular weight is 1040 g/mol. The Labute approximate surface area is 436 Å². The largest absolute Gasteiger partial charge is 0.465 e. The minimum Gasteiger partial charge on any atom is -0.465 e. The Balaban J connectivity index is 5.57. The minimum atomic E-state index is -1.25. The molecule has 0 aliphatic heterocycles. The summed E-state index contributed by atoms with van der Waals surface area (Å²) in [7, 11) is 0. The molecule has 0 saturated heterocycles. The summed E-state index contributed by atoms with van der Waals surface area (Å²) in [6.07, 6.45) is 20.9.